The molecule has 82 valence electrons. The lowest BCUT2D eigenvalue weighted by Gasteiger charge is -2.35. The van der Waals surface area contributed by atoms with Crippen molar-refractivity contribution in [3.05, 3.63) is 0 Å². The van der Waals surface area contributed by atoms with Gasteiger partial charge >= 0.3 is 0 Å². The lowest BCUT2D eigenvalue weighted by Crippen LogP contribution is -2.37. The molecule has 0 amide bonds. The van der Waals surface area contributed by atoms with Crippen LogP contribution in [-0.4, -0.2) is 17.5 Å². The zero-order chi connectivity index (χ0) is 9.86. The number of alkyl halides is 1. The van der Waals surface area contributed by atoms with Crippen molar-refractivity contribution in [2.24, 2.45) is 5.92 Å². The molecule has 2 rings (SSSR count). The first-order valence-electron chi connectivity index (χ1n) is 6.05. The van der Waals surface area contributed by atoms with Crippen molar-refractivity contribution in [2.45, 2.75) is 57.0 Å². The maximum Gasteiger partial charge on any atom is 0.0778 e. The van der Waals surface area contributed by atoms with E-state index in [1.54, 1.807) is 0 Å². The summed E-state index contributed by atoms with van der Waals surface area (Å²) in [6.45, 7) is 0.996. The van der Waals surface area contributed by atoms with Gasteiger partial charge in [-0.3, -0.25) is 0 Å². The van der Waals surface area contributed by atoms with E-state index < -0.39 is 0 Å². The van der Waals surface area contributed by atoms with Gasteiger partial charge < -0.3 is 4.74 Å². The van der Waals surface area contributed by atoms with Crippen LogP contribution >= 0.6 is 15.9 Å². The van der Waals surface area contributed by atoms with Crippen LogP contribution in [0.3, 0.4) is 0 Å². The second kappa shape index (κ2) is 4.98. The summed E-state index contributed by atoms with van der Waals surface area (Å²) < 4.78 is 6.12. The first-order valence-corrected chi connectivity index (χ1v) is 7.17. The Morgan fingerprint density at radius 2 is 1.86 bits per heavy atom. The minimum Gasteiger partial charge on any atom is -0.374 e. The van der Waals surface area contributed by atoms with Crippen molar-refractivity contribution in [3.8, 4) is 0 Å². The van der Waals surface area contributed by atoms with E-state index in [-0.39, 0.29) is 5.60 Å². The van der Waals surface area contributed by atoms with Gasteiger partial charge in [-0.25, -0.2) is 0 Å². The van der Waals surface area contributed by atoms with E-state index in [1.165, 1.54) is 51.4 Å². The molecular weight excluding hydrogens is 240 g/mol. The van der Waals surface area contributed by atoms with Crippen molar-refractivity contribution >= 4 is 15.9 Å². The molecule has 2 saturated carbocycles. The lowest BCUT2D eigenvalue weighted by atomic mass is 9.86. The fourth-order valence-corrected chi connectivity index (χ4v) is 3.08. The van der Waals surface area contributed by atoms with E-state index in [4.69, 9.17) is 4.74 Å². The molecule has 0 spiro atoms. The first kappa shape index (κ1) is 10.9. The monoisotopic (exact) mass is 260 g/mol. The molecule has 0 heterocycles. The second-order valence-corrected chi connectivity index (χ2v) is 5.52. The van der Waals surface area contributed by atoms with Crippen molar-refractivity contribution in [3.63, 3.8) is 0 Å². The Labute approximate surface area is 95.7 Å². The van der Waals surface area contributed by atoms with E-state index in [9.17, 15) is 0 Å². The quantitative estimate of drug-likeness (QED) is 0.682. The minimum absolute atomic E-state index is 0.202. The third-order valence-electron chi connectivity index (χ3n) is 3.64. The van der Waals surface area contributed by atoms with Gasteiger partial charge in [0, 0.05) is 11.9 Å². The molecule has 0 radical (unpaired) electrons. The van der Waals surface area contributed by atoms with Crippen LogP contribution in [-0.2, 0) is 4.74 Å². The second-order valence-electron chi connectivity index (χ2n) is 4.96. The zero-order valence-corrected chi connectivity index (χ0v) is 10.5. The van der Waals surface area contributed by atoms with Crippen LogP contribution < -0.4 is 0 Å². The fourth-order valence-electron chi connectivity index (χ4n) is 2.36. The molecule has 0 atom stereocenters. The van der Waals surface area contributed by atoms with Crippen molar-refractivity contribution in [1.82, 2.24) is 0 Å². The molecule has 2 fully saturated rings. The summed E-state index contributed by atoms with van der Waals surface area (Å²) in [5.41, 5.74) is 0.202. The lowest BCUT2D eigenvalue weighted by molar-refractivity contribution is -0.0535. The minimum atomic E-state index is 0.202. The normalized spacial score (nSPS) is 26.4. The Balaban J connectivity index is 1.71. The molecule has 1 nitrogen and oxygen atoms in total. The number of rotatable bonds is 5. The van der Waals surface area contributed by atoms with Gasteiger partial charge in [0.25, 0.3) is 0 Å². The van der Waals surface area contributed by atoms with Crippen LogP contribution in [0, 0.1) is 5.92 Å². The molecule has 0 N–H and O–H groups in total. The number of hydrogen-bond donors (Lipinski definition) is 0. The van der Waals surface area contributed by atoms with Gasteiger partial charge in [-0.1, -0.05) is 48.0 Å². The van der Waals surface area contributed by atoms with Gasteiger partial charge in [0.2, 0.25) is 0 Å². The molecular formula is C12H21BrO. The zero-order valence-electron chi connectivity index (χ0n) is 8.93. The van der Waals surface area contributed by atoms with Gasteiger partial charge in [0.1, 0.15) is 0 Å². The third kappa shape index (κ3) is 2.96. The van der Waals surface area contributed by atoms with Gasteiger partial charge in [-0.05, 0) is 25.2 Å². The van der Waals surface area contributed by atoms with Crippen molar-refractivity contribution in [2.75, 3.05) is 11.9 Å². The summed E-state index contributed by atoms with van der Waals surface area (Å²) in [6.07, 6.45) is 10.8. The molecule has 2 heteroatoms. The average molecular weight is 261 g/mol. The van der Waals surface area contributed by atoms with Crippen LogP contribution in [0.15, 0.2) is 0 Å². The highest BCUT2D eigenvalue weighted by Crippen LogP contribution is 2.36. The van der Waals surface area contributed by atoms with Crippen molar-refractivity contribution < 1.29 is 4.74 Å². The van der Waals surface area contributed by atoms with Crippen LogP contribution in [0.4, 0.5) is 0 Å². The largest absolute Gasteiger partial charge is 0.374 e. The SMILES string of the molecule is BrCC1(OCCC2CC2)CCCCC1. The summed E-state index contributed by atoms with van der Waals surface area (Å²) in [5.74, 6) is 1.01. The van der Waals surface area contributed by atoms with Crippen LogP contribution in [0.1, 0.15) is 51.4 Å². The molecule has 0 aromatic heterocycles. The summed E-state index contributed by atoms with van der Waals surface area (Å²) in [6, 6.07) is 0. The molecule has 0 aliphatic heterocycles. The molecule has 0 saturated heterocycles. The summed E-state index contributed by atoms with van der Waals surface area (Å²) in [7, 11) is 0. The molecule has 0 unspecified atom stereocenters. The number of hydrogen-bond acceptors (Lipinski definition) is 1. The Kier molecular flexibility index (Phi) is 3.89. The topological polar surface area (TPSA) is 9.23 Å². The highest BCUT2D eigenvalue weighted by Gasteiger charge is 2.32. The first-order chi connectivity index (χ1) is 6.85. The molecule has 0 aromatic rings. The fraction of sp³-hybridized carbons (Fsp3) is 1.00. The molecule has 0 bridgehead atoms. The van der Waals surface area contributed by atoms with Crippen LogP contribution in [0.2, 0.25) is 0 Å². The summed E-state index contributed by atoms with van der Waals surface area (Å²) in [5, 5.41) is 1.03. The molecule has 2 aliphatic carbocycles. The van der Waals surface area contributed by atoms with E-state index in [1.807, 2.05) is 0 Å². The Morgan fingerprint density at radius 1 is 1.14 bits per heavy atom. The maximum atomic E-state index is 6.12. The van der Waals surface area contributed by atoms with Gasteiger partial charge in [-0.2, -0.15) is 0 Å². The highest BCUT2D eigenvalue weighted by molar-refractivity contribution is 9.09. The van der Waals surface area contributed by atoms with Gasteiger partial charge in [0.05, 0.1) is 5.60 Å². The number of halogens is 1. The maximum absolute atomic E-state index is 6.12. The van der Waals surface area contributed by atoms with E-state index >= 15 is 0 Å². The van der Waals surface area contributed by atoms with Crippen LogP contribution in [0.25, 0.3) is 0 Å². The Morgan fingerprint density at radius 3 is 2.43 bits per heavy atom. The number of ether oxygens (including phenoxy) is 1. The predicted octanol–water partition coefficient (Wildman–Crippen LogP) is 3.90. The average Bonchev–Trinajstić information content (AvgIpc) is 3.03. The molecule has 0 aromatic carbocycles. The van der Waals surface area contributed by atoms with E-state index in [0.717, 1.165) is 17.9 Å². The highest BCUT2D eigenvalue weighted by atomic mass is 79.9. The standard InChI is InChI=1S/C12H21BrO/c13-10-12(7-2-1-3-8-12)14-9-6-11-4-5-11/h11H,1-10H2. The molecule has 14 heavy (non-hydrogen) atoms. The van der Waals surface area contributed by atoms with E-state index in [0.29, 0.717) is 0 Å². The third-order valence-corrected chi connectivity index (χ3v) is 4.66. The molecule has 2 aliphatic rings. The van der Waals surface area contributed by atoms with Crippen LogP contribution in [0.5, 0.6) is 0 Å². The Bertz CT molecular complexity index is 171. The Hall–Kier alpha value is 0.440. The van der Waals surface area contributed by atoms with Crippen molar-refractivity contribution in [1.29, 1.82) is 0 Å². The van der Waals surface area contributed by atoms with Gasteiger partial charge in [0.15, 0.2) is 0 Å². The van der Waals surface area contributed by atoms with Gasteiger partial charge in [-0.15, -0.1) is 0 Å². The summed E-state index contributed by atoms with van der Waals surface area (Å²) in [4.78, 5) is 0. The van der Waals surface area contributed by atoms with E-state index in [2.05, 4.69) is 15.9 Å². The smallest absolute Gasteiger partial charge is 0.0778 e. The predicted molar refractivity (Wildman–Crippen MR) is 62.9 cm³/mol. The summed E-state index contributed by atoms with van der Waals surface area (Å²) >= 11 is 3.63.